The van der Waals surface area contributed by atoms with Crippen LogP contribution in [-0.4, -0.2) is 16.2 Å². The minimum absolute atomic E-state index is 0.106. The standard InChI is InChI=1S/C11H7FO3/c12-9-3-1-2-7-8(9)4-6(11(14)15)5-10(7)13/h1-5,13H,(H,14,15). The van der Waals surface area contributed by atoms with Gasteiger partial charge in [0.05, 0.1) is 5.56 Å². The molecule has 0 aliphatic heterocycles. The number of phenols is 1. The van der Waals surface area contributed by atoms with Gasteiger partial charge in [-0.25, -0.2) is 9.18 Å². The summed E-state index contributed by atoms with van der Waals surface area (Å²) in [7, 11) is 0. The second kappa shape index (κ2) is 3.24. The van der Waals surface area contributed by atoms with Gasteiger partial charge in [-0.3, -0.25) is 0 Å². The summed E-state index contributed by atoms with van der Waals surface area (Å²) < 4.78 is 13.3. The van der Waals surface area contributed by atoms with E-state index in [1.165, 1.54) is 24.3 Å². The van der Waals surface area contributed by atoms with Gasteiger partial charge in [-0.15, -0.1) is 0 Å². The van der Waals surface area contributed by atoms with E-state index in [2.05, 4.69) is 0 Å². The maximum atomic E-state index is 13.3. The Labute approximate surface area is 84.4 Å². The Kier molecular flexibility index (Phi) is 2.04. The molecule has 15 heavy (non-hydrogen) atoms. The molecule has 0 saturated heterocycles. The molecule has 0 aliphatic rings. The lowest BCUT2D eigenvalue weighted by Gasteiger charge is -2.03. The molecule has 0 unspecified atom stereocenters. The van der Waals surface area contributed by atoms with Crippen molar-refractivity contribution < 1.29 is 19.4 Å². The van der Waals surface area contributed by atoms with Crippen LogP contribution in [0.5, 0.6) is 5.75 Å². The lowest BCUT2D eigenvalue weighted by atomic mass is 10.1. The van der Waals surface area contributed by atoms with E-state index in [1.54, 1.807) is 0 Å². The van der Waals surface area contributed by atoms with Crippen molar-refractivity contribution in [3.8, 4) is 5.75 Å². The van der Waals surface area contributed by atoms with Crippen LogP contribution in [0.15, 0.2) is 30.3 Å². The van der Waals surface area contributed by atoms with Crippen LogP contribution < -0.4 is 0 Å². The van der Waals surface area contributed by atoms with Gasteiger partial charge in [0, 0.05) is 10.8 Å². The van der Waals surface area contributed by atoms with Crippen LogP contribution in [0.25, 0.3) is 10.8 Å². The maximum Gasteiger partial charge on any atom is 0.335 e. The Morgan fingerprint density at radius 2 is 1.93 bits per heavy atom. The average molecular weight is 206 g/mol. The van der Waals surface area contributed by atoms with Crippen molar-refractivity contribution in [2.24, 2.45) is 0 Å². The van der Waals surface area contributed by atoms with Gasteiger partial charge in [-0.05, 0) is 18.2 Å². The summed E-state index contributed by atoms with van der Waals surface area (Å²) in [5, 5.41) is 18.6. The molecule has 2 rings (SSSR count). The van der Waals surface area contributed by atoms with E-state index in [4.69, 9.17) is 5.11 Å². The molecule has 2 aromatic rings. The lowest BCUT2D eigenvalue weighted by Crippen LogP contribution is -1.96. The van der Waals surface area contributed by atoms with E-state index in [1.807, 2.05) is 0 Å². The summed E-state index contributed by atoms with van der Waals surface area (Å²) in [6, 6.07) is 6.50. The summed E-state index contributed by atoms with van der Waals surface area (Å²) in [6.45, 7) is 0. The van der Waals surface area contributed by atoms with Crippen LogP contribution in [0.1, 0.15) is 10.4 Å². The number of carboxylic acid groups (broad SMARTS) is 1. The van der Waals surface area contributed by atoms with Crippen molar-refractivity contribution in [3.05, 3.63) is 41.7 Å². The number of carbonyl (C=O) groups is 1. The Bertz CT molecular complexity index is 549. The Balaban J connectivity index is 2.85. The number of aromatic hydroxyl groups is 1. The van der Waals surface area contributed by atoms with Crippen LogP contribution in [0.4, 0.5) is 4.39 Å². The summed E-state index contributed by atoms with van der Waals surface area (Å²) >= 11 is 0. The highest BCUT2D eigenvalue weighted by Crippen LogP contribution is 2.28. The molecule has 4 heteroatoms. The molecule has 0 heterocycles. The van der Waals surface area contributed by atoms with Gasteiger partial charge in [0.25, 0.3) is 0 Å². The highest BCUT2D eigenvalue weighted by atomic mass is 19.1. The third-order valence-electron chi connectivity index (χ3n) is 2.17. The Morgan fingerprint density at radius 1 is 1.20 bits per heavy atom. The number of hydrogen-bond donors (Lipinski definition) is 2. The van der Waals surface area contributed by atoms with Crippen molar-refractivity contribution in [1.82, 2.24) is 0 Å². The lowest BCUT2D eigenvalue weighted by molar-refractivity contribution is 0.0696. The molecular formula is C11H7FO3. The molecule has 2 aromatic carbocycles. The summed E-state index contributed by atoms with van der Waals surface area (Å²) in [6.07, 6.45) is 0. The molecule has 0 radical (unpaired) electrons. The minimum Gasteiger partial charge on any atom is -0.507 e. The number of aromatic carboxylic acids is 1. The van der Waals surface area contributed by atoms with Crippen molar-refractivity contribution in [3.63, 3.8) is 0 Å². The third kappa shape index (κ3) is 1.50. The van der Waals surface area contributed by atoms with Crippen LogP contribution in [-0.2, 0) is 0 Å². The van der Waals surface area contributed by atoms with Crippen molar-refractivity contribution in [1.29, 1.82) is 0 Å². The van der Waals surface area contributed by atoms with Crippen LogP contribution in [0, 0.1) is 5.82 Å². The predicted molar refractivity (Wildman–Crippen MR) is 52.5 cm³/mol. The number of phenolic OH excluding ortho intramolecular Hbond substituents is 1. The molecule has 2 N–H and O–H groups in total. The number of benzene rings is 2. The summed E-state index contributed by atoms with van der Waals surface area (Å²) in [4.78, 5) is 10.7. The number of carboxylic acids is 1. The van der Waals surface area contributed by atoms with Crippen molar-refractivity contribution in [2.45, 2.75) is 0 Å². The van der Waals surface area contributed by atoms with Crippen LogP contribution in [0.2, 0.25) is 0 Å². The fraction of sp³-hybridized carbons (Fsp3) is 0. The third-order valence-corrected chi connectivity index (χ3v) is 2.17. The molecule has 0 aliphatic carbocycles. The molecule has 0 atom stereocenters. The highest BCUT2D eigenvalue weighted by molar-refractivity contribution is 5.97. The van der Waals surface area contributed by atoms with E-state index in [9.17, 15) is 14.3 Å². The first-order valence-corrected chi connectivity index (χ1v) is 4.24. The normalized spacial score (nSPS) is 10.5. The van der Waals surface area contributed by atoms with E-state index in [0.717, 1.165) is 6.07 Å². The Morgan fingerprint density at radius 3 is 2.60 bits per heavy atom. The fourth-order valence-electron chi connectivity index (χ4n) is 1.45. The van der Waals surface area contributed by atoms with Gasteiger partial charge in [0.2, 0.25) is 0 Å². The van der Waals surface area contributed by atoms with Gasteiger partial charge in [0.1, 0.15) is 11.6 Å². The molecule has 0 fully saturated rings. The van der Waals surface area contributed by atoms with E-state index >= 15 is 0 Å². The number of hydrogen-bond acceptors (Lipinski definition) is 2. The first-order chi connectivity index (χ1) is 7.09. The second-order valence-electron chi connectivity index (χ2n) is 3.14. The molecule has 0 aromatic heterocycles. The second-order valence-corrected chi connectivity index (χ2v) is 3.14. The van der Waals surface area contributed by atoms with E-state index in [-0.39, 0.29) is 16.7 Å². The molecule has 0 amide bonds. The number of fused-ring (bicyclic) bond motifs is 1. The van der Waals surface area contributed by atoms with E-state index in [0.29, 0.717) is 5.39 Å². The quantitative estimate of drug-likeness (QED) is 0.753. The largest absolute Gasteiger partial charge is 0.507 e. The van der Waals surface area contributed by atoms with Gasteiger partial charge in [-0.2, -0.15) is 0 Å². The number of halogens is 1. The molecular weight excluding hydrogens is 199 g/mol. The molecule has 3 nitrogen and oxygen atoms in total. The highest BCUT2D eigenvalue weighted by Gasteiger charge is 2.10. The zero-order valence-electron chi connectivity index (χ0n) is 7.57. The first kappa shape index (κ1) is 9.45. The zero-order valence-corrected chi connectivity index (χ0v) is 7.57. The van der Waals surface area contributed by atoms with Gasteiger partial charge in [0.15, 0.2) is 0 Å². The zero-order chi connectivity index (χ0) is 11.0. The molecule has 0 saturated carbocycles. The maximum absolute atomic E-state index is 13.3. The summed E-state index contributed by atoms with van der Waals surface area (Å²) in [5.74, 6) is -1.98. The Hall–Kier alpha value is -2.10. The SMILES string of the molecule is O=C(O)c1cc(O)c2cccc(F)c2c1. The predicted octanol–water partition coefficient (Wildman–Crippen LogP) is 2.38. The van der Waals surface area contributed by atoms with Crippen molar-refractivity contribution >= 4 is 16.7 Å². The van der Waals surface area contributed by atoms with E-state index < -0.39 is 11.8 Å². The molecule has 76 valence electrons. The van der Waals surface area contributed by atoms with Gasteiger partial charge >= 0.3 is 5.97 Å². The van der Waals surface area contributed by atoms with Gasteiger partial charge < -0.3 is 10.2 Å². The monoisotopic (exact) mass is 206 g/mol. The number of rotatable bonds is 1. The fourth-order valence-corrected chi connectivity index (χ4v) is 1.45. The van der Waals surface area contributed by atoms with Gasteiger partial charge in [-0.1, -0.05) is 12.1 Å². The minimum atomic E-state index is -1.20. The first-order valence-electron chi connectivity index (χ1n) is 4.24. The topological polar surface area (TPSA) is 57.5 Å². The smallest absolute Gasteiger partial charge is 0.335 e. The van der Waals surface area contributed by atoms with Crippen LogP contribution >= 0.6 is 0 Å². The van der Waals surface area contributed by atoms with Crippen LogP contribution in [0.3, 0.4) is 0 Å². The average Bonchev–Trinajstić information content (AvgIpc) is 2.19. The van der Waals surface area contributed by atoms with Crippen molar-refractivity contribution in [2.75, 3.05) is 0 Å². The summed E-state index contributed by atoms with van der Waals surface area (Å²) in [5.41, 5.74) is -0.134. The molecule has 0 spiro atoms. The molecule has 0 bridgehead atoms.